The van der Waals surface area contributed by atoms with Crippen molar-refractivity contribution in [2.75, 3.05) is 7.11 Å². The van der Waals surface area contributed by atoms with Gasteiger partial charge in [-0.1, -0.05) is 103 Å². The number of carbonyl (C=O) groups excluding carboxylic acids is 2. The normalized spacial score (nSPS) is 10.9. The lowest BCUT2D eigenvalue weighted by Crippen LogP contribution is -1.99. The Balaban J connectivity index is 3.18. The third-order valence-electron chi connectivity index (χ3n) is 5.62. The fourth-order valence-electron chi connectivity index (χ4n) is 3.69. The average molecular weight is 397 g/mol. The van der Waals surface area contributed by atoms with Crippen LogP contribution in [0.4, 0.5) is 0 Å². The molecule has 0 radical (unpaired) electrons. The summed E-state index contributed by atoms with van der Waals surface area (Å²) in [7, 11) is 1.44. The van der Waals surface area contributed by atoms with E-state index in [0.717, 1.165) is 51.4 Å². The molecule has 166 valence electrons. The Morgan fingerprint density at radius 3 is 1.18 bits per heavy atom. The molecule has 28 heavy (non-hydrogen) atoms. The number of hydrogen-bond acceptors (Lipinski definition) is 3. The van der Waals surface area contributed by atoms with Crippen molar-refractivity contribution in [2.45, 2.75) is 142 Å². The largest absolute Gasteiger partial charge is 0.469 e. The van der Waals surface area contributed by atoms with Gasteiger partial charge < -0.3 is 4.74 Å². The van der Waals surface area contributed by atoms with Gasteiger partial charge in [-0.25, -0.2) is 0 Å². The Hall–Kier alpha value is -0.860. The molecule has 0 rings (SSSR count). The first kappa shape index (κ1) is 27.1. The van der Waals surface area contributed by atoms with E-state index in [1.165, 1.54) is 84.2 Å². The van der Waals surface area contributed by atoms with Crippen LogP contribution >= 0.6 is 0 Å². The van der Waals surface area contributed by atoms with E-state index in [9.17, 15) is 9.59 Å². The molecule has 0 saturated carbocycles. The van der Waals surface area contributed by atoms with Gasteiger partial charge in [0.25, 0.3) is 0 Å². The molecule has 0 N–H and O–H groups in total. The smallest absolute Gasteiger partial charge is 0.305 e. The van der Waals surface area contributed by atoms with Crippen molar-refractivity contribution in [3.05, 3.63) is 0 Å². The first-order valence-corrected chi connectivity index (χ1v) is 12.3. The predicted octanol–water partition coefficient (Wildman–Crippen LogP) is 7.94. The molecular formula is C25H48O3. The summed E-state index contributed by atoms with van der Waals surface area (Å²) >= 11 is 0. The maximum absolute atomic E-state index is 11.9. The van der Waals surface area contributed by atoms with E-state index in [-0.39, 0.29) is 5.97 Å². The van der Waals surface area contributed by atoms with Crippen LogP contribution in [0, 0.1) is 0 Å². The summed E-state index contributed by atoms with van der Waals surface area (Å²) < 4.78 is 4.63. The fourth-order valence-corrected chi connectivity index (χ4v) is 3.69. The van der Waals surface area contributed by atoms with Gasteiger partial charge in [0.1, 0.15) is 5.78 Å². The Bertz CT molecular complexity index is 352. The number of methoxy groups -OCH3 is 1. The van der Waals surface area contributed by atoms with Crippen molar-refractivity contribution < 1.29 is 14.3 Å². The third kappa shape index (κ3) is 21.4. The lowest BCUT2D eigenvalue weighted by atomic mass is 10.0. The van der Waals surface area contributed by atoms with Crippen LogP contribution in [0.15, 0.2) is 0 Å². The minimum atomic E-state index is -0.108. The Morgan fingerprint density at radius 2 is 0.821 bits per heavy atom. The predicted molar refractivity (Wildman–Crippen MR) is 120 cm³/mol. The monoisotopic (exact) mass is 396 g/mol. The number of unbranched alkanes of at least 4 members (excludes halogenated alkanes) is 16. The number of esters is 1. The lowest BCUT2D eigenvalue weighted by Gasteiger charge is -2.04. The Kier molecular flexibility index (Phi) is 21.7. The highest BCUT2D eigenvalue weighted by Gasteiger charge is 2.03. The number of carbonyl (C=O) groups is 2. The number of rotatable bonds is 22. The zero-order valence-corrected chi connectivity index (χ0v) is 19.1. The van der Waals surface area contributed by atoms with Crippen LogP contribution in [0.3, 0.4) is 0 Å². The first-order valence-electron chi connectivity index (χ1n) is 12.3. The molecular weight excluding hydrogens is 348 g/mol. The molecule has 0 aromatic heterocycles. The van der Waals surface area contributed by atoms with E-state index in [0.29, 0.717) is 12.2 Å². The van der Waals surface area contributed by atoms with E-state index < -0.39 is 0 Å². The lowest BCUT2D eigenvalue weighted by molar-refractivity contribution is -0.140. The summed E-state index contributed by atoms with van der Waals surface area (Å²) in [5.74, 6) is 0.348. The van der Waals surface area contributed by atoms with Gasteiger partial charge in [-0.05, 0) is 19.3 Å². The molecule has 0 aromatic rings. The van der Waals surface area contributed by atoms with E-state index in [1.54, 1.807) is 0 Å². The van der Waals surface area contributed by atoms with Crippen LogP contribution in [0.5, 0.6) is 0 Å². The maximum atomic E-state index is 11.9. The van der Waals surface area contributed by atoms with E-state index in [4.69, 9.17) is 0 Å². The second-order valence-corrected chi connectivity index (χ2v) is 8.38. The van der Waals surface area contributed by atoms with Crippen LogP contribution < -0.4 is 0 Å². The summed E-state index contributed by atoms with van der Waals surface area (Å²) in [6, 6.07) is 0. The van der Waals surface area contributed by atoms with Gasteiger partial charge in [0.05, 0.1) is 7.11 Å². The van der Waals surface area contributed by atoms with Gasteiger partial charge in [0.15, 0.2) is 0 Å². The topological polar surface area (TPSA) is 43.4 Å². The quantitative estimate of drug-likeness (QED) is 0.138. The summed E-state index contributed by atoms with van der Waals surface area (Å²) in [4.78, 5) is 22.9. The number of Topliss-reactive ketones (excluding diaryl/α,β-unsaturated/α-hetero) is 1. The van der Waals surface area contributed by atoms with Crippen molar-refractivity contribution in [3.8, 4) is 0 Å². The van der Waals surface area contributed by atoms with Crippen LogP contribution in [0.2, 0.25) is 0 Å². The summed E-state index contributed by atoms with van der Waals surface area (Å²) in [5.41, 5.74) is 0. The van der Waals surface area contributed by atoms with Gasteiger partial charge in [-0.15, -0.1) is 0 Å². The molecule has 0 aromatic carbocycles. The van der Waals surface area contributed by atoms with Crippen LogP contribution in [-0.4, -0.2) is 18.9 Å². The van der Waals surface area contributed by atoms with E-state index in [2.05, 4.69) is 11.7 Å². The van der Waals surface area contributed by atoms with Gasteiger partial charge in [0, 0.05) is 19.3 Å². The van der Waals surface area contributed by atoms with Gasteiger partial charge in [-0.3, -0.25) is 9.59 Å². The van der Waals surface area contributed by atoms with E-state index >= 15 is 0 Å². The Labute approximate surface area is 175 Å². The zero-order chi connectivity index (χ0) is 20.7. The molecule has 0 bridgehead atoms. The number of hydrogen-bond donors (Lipinski definition) is 0. The van der Waals surface area contributed by atoms with Crippen molar-refractivity contribution in [2.24, 2.45) is 0 Å². The summed E-state index contributed by atoms with van der Waals surface area (Å²) in [6.07, 6.45) is 24.7. The maximum Gasteiger partial charge on any atom is 0.305 e. The molecule has 0 unspecified atom stereocenters. The highest BCUT2D eigenvalue weighted by Crippen LogP contribution is 2.14. The number of ketones is 1. The SMILES string of the molecule is CCCCCCCCCCCCCCC(=O)CCCCCCCCC(=O)OC. The van der Waals surface area contributed by atoms with Gasteiger partial charge in [-0.2, -0.15) is 0 Å². The molecule has 0 spiro atoms. The standard InChI is InChI=1S/C25H48O3/c1-3-4-5-6-7-8-9-10-11-12-15-18-21-24(26)22-19-16-13-14-17-20-23-25(27)28-2/h3-23H2,1-2H3. The zero-order valence-electron chi connectivity index (χ0n) is 19.1. The van der Waals surface area contributed by atoms with E-state index in [1.807, 2.05) is 0 Å². The van der Waals surface area contributed by atoms with Gasteiger partial charge in [0.2, 0.25) is 0 Å². The van der Waals surface area contributed by atoms with Crippen LogP contribution in [0.25, 0.3) is 0 Å². The molecule has 0 aliphatic heterocycles. The highest BCUT2D eigenvalue weighted by molar-refractivity contribution is 5.78. The van der Waals surface area contributed by atoms with Crippen LogP contribution in [-0.2, 0) is 14.3 Å². The fraction of sp³-hybridized carbons (Fsp3) is 0.920. The molecule has 0 atom stereocenters. The average Bonchev–Trinajstić information content (AvgIpc) is 2.70. The second-order valence-electron chi connectivity index (χ2n) is 8.38. The molecule has 0 aliphatic rings. The molecule has 0 aliphatic carbocycles. The second kappa shape index (κ2) is 22.4. The van der Waals surface area contributed by atoms with Crippen molar-refractivity contribution >= 4 is 11.8 Å². The Morgan fingerprint density at radius 1 is 0.500 bits per heavy atom. The minimum absolute atomic E-state index is 0.108. The number of ether oxygens (including phenoxy) is 1. The molecule has 3 heteroatoms. The van der Waals surface area contributed by atoms with Crippen molar-refractivity contribution in [3.63, 3.8) is 0 Å². The molecule has 0 fully saturated rings. The highest BCUT2D eigenvalue weighted by atomic mass is 16.5. The third-order valence-corrected chi connectivity index (χ3v) is 5.62. The molecule has 0 saturated heterocycles. The minimum Gasteiger partial charge on any atom is -0.469 e. The van der Waals surface area contributed by atoms with Crippen molar-refractivity contribution in [1.29, 1.82) is 0 Å². The molecule has 0 heterocycles. The summed E-state index contributed by atoms with van der Waals surface area (Å²) in [5, 5.41) is 0. The molecule has 3 nitrogen and oxygen atoms in total. The van der Waals surface area contributed by atoms with Crippen LogP contribution in [0.1, 0.15) is 142 Å². The van der Waals surface area contributed by atoms with Crippen molar-refractivity contribution in [1.82, 2.24) is 0 Å². The summed E-state index contributed by atoms with van der Waals surface area (Å²) in [6.45, 7) is 2.27. The molecule has 0 amide bonds. The van der Waals surface area contributed by atoms with Gasteiger partial charge >= 0.3 is 5.97 Å². The first-order chi connectivity index (χ1) is 13.7.